The fraction of sp³-hybridized carbons (Fsp3) is 0.214. The lowest BCUT2D eigenvalue weighted by atomic mass is 9.96. The summed E-state index contributed by atoms with van der Waals surface area (Å²) in [6.45, 7) is 4.94. The van der Waals surface area contributed by atoms with E-state index >= 15 is 0 Å². The number of hydrogen-bond acceptors (Lipinski definition) is 4. The molecular weight excluding hydrogens is 410 g/mol. The van der Waals surface area contributed by atoms with Crippen molar-refractivity contribution in [2.75, 3.05) is 26.2 Å². The van der Waals surface area contributed by atoms with Gasteiger partial charge in [-0.2, -0.15) is 0 Å². The lowest BCUT2D eigenvalue weighted by molar-refractivity contribution is 0.0588. The lowest BCUT2D eigenvalue weighted by Gasteiger charge is -2.39. The van der Waals surface area contributed by atoms with Crippen LogP contribution in [0.1, 0.15) is 33.2 Å². The van der Waals surface area contributed by atoms with E-state index in [1.165, 1.54) is 16.7 Å². The molecule has 4 aromatic rings. The number of amides is 1. The number of aromatic nitrogens is 1. The zero-order valence-corrected chi connectivity index (χ0v) is 18.7. The summed E-state index contributed by atoms with van der Waals surface area (Å²) in [5.41, 5.74) is 4.99. The van der Waals surface area contributed by atoms with Crippen LogP contribution in [0.4, 0.5) is 0 Å². The van der Waals surface area contributed by atoms with Crippen LogP contribution in [0.15, 0.2) is 95.5 Å². The maximum absolute atomic E-state index is 13.1. The average molecular weight is 438 g/mol. The normalized spacial score (nSPS) is 14.5. The topological polar surface area (TPSA) is 49.6 Å². The molecule has 2 heterocycles. The summed E-state index contributed by atoms with van der Waals surface area (Å²) < 4.78 is 5.47. The van der Waals surface area contributed by atoms with Crippen LogP contribution in [-0.4, -0.2) is 47.0 Å². The van der Waals surface area contributed by atoms with Gasteiger partial charge in [-0.25, -0.2) is 0 Å². The number of rotatable bonds is 5. The molecule has 0 bridgehead atoms. The van der Waals surface area contributed by atoms with E-state index in [0.717, 1.165) is 18.7 Å². The highest BCUT2D eigenvalue weighted by atomic mass is 16.5. The summed E-state index contributed by atoms with van der Waals surface area (Å²) >= 11 is 0. The maximum atomic E-state index is 13.1. The first kappa shape index (κ1) is 21.2. The lowest BCUT2D eigenvalue weighted by Crippen LogP contribution is -2.50. The number of hydrogen-bond donors (Lipinski definition) is 0. The van der Waals surface area contributed by atoms with Gasteiger partial charge in [-0.3, -0.25) is 9.69 Å². The minimum Gasteiger partial charge on any atom is -0.355 e. The molecule has 0 spiro atoms. The first-order chi connectivity index (χ1) is 16.2. The Balaban J connectivity index is 1.29. The van der Waals surface area contributed by atoms with Crippen molar-refractivity contribution in [3.05, 3.63) is 113 Å². The molecule has 5 rings (SSSR count). The zero-order chi connectivity index (χ0) is 22.6. The van der Waals surface area contributed by atoms with E-state index in [4.69, 9.17) is 4.52 Å². The fourth-order valence-corrected chi connectivity index (χ4v) is 4.46. The third-order valence-corrected chi connectivity index (χ3v) is 6.26. The molecule has 1 aliphatic rings. The Hall–Kier alpha value is -3.70. The van der Waals surface area contributed by atoms with Gasteiger partial charge in [-0.05, 0) is 18.1 Å². The van der Waals surface area contributed by atoms with Crippen LogP contribution in [0.5, 0.6) is 0 Å². The van der Waals surface area contributed by atoms with Crippen molar-refractivity contribution in [1.82, 2.24) is 15.0 Å². The van der Waals surface area contributed by atoms with Crippen LogP contribution in [-0.2, 0) is 0 Å². The second-order valence-corrected chi connectivity index (χ2v) is 8.49. The van der Waals surface area contributed by atoms with E-state index in [1.54, 1.807) is 6.07 Å². The zero-order valence-electron chi connectivity index (χ0n) is 18.7. The molecule has 1 fully saturated rings. The number of aryl methyl sites for hydroxylation is 1. The van der Waals surface area contributed by atoms with Crippen molar-refractivity contribution >= 4 is 5.91 Å². The van der Waals surface area contributed by atoms with Crippen molar-refractivity contribution in [3.8, 4) is 11.3 Å². The van der Waals surface area contributed by atoms with Gasteiger partial charge in [0.2, 0.25) is 0 Å². The van der Waals surface area contributed by atoms with E-state index in [1.807, 2.05) is 48.2 Å². The SMILES string of the molecule is Cc1ccc(-c2cc(C(=O)N3CCN(C(c4ccccc4)c4ccccc4)CC3)no2)cc1. The number of carbonyl (C=O) groups is 1. The Kier molecular flexibility index (Phi) is 6.05. The van der Waals surface area contributed by atoms with Crippen molar-refractivity contribution in [1.29, 1.82) is 0 Å². The largest absolute Gasteiger partial charge is 0.355 e. The van der Waals surface area contributed by atoms with Crippen LogP contribution in [0.3, 0.4) is 0 Å². The smallest absolute Gasteiger partial charge is 0.276 e. The van der Waals surface area contributed by atoms with Gasteiger partial charge in [0.05, 0.1) is 6.04 Å². The van der Waals surface area contributed by atoms with Gasteiger partial charge in [-0.15, -0.1) is 0 Å². The van der Waals surface area contributed by atoms with Crippen molar-refractivity contribution in [3.63, 3.8) is 0 Å². The minimum atomic E-state index is -0.0762. The Labute approximate surface area is 194 Å². The van der Waals surface area contributed by atoms with Crippen LogP contribution in [0.25, 0.3) is 11.3 Å². The molecule has 0 saturated carbocycles. The fourth-order valence-electron chi connectivity index (χ4n) is 4.46. The Bertz CT molecular complexity index is 1160. The Morgan fingerprint density at radius 1 is 0.818 bits per heavy atom. The van der Waals surface area contributed by atoms with Gasteiger partial charge < -0.3 is 9.42 Å². The quantitative estimate of drug-likeness (QED) is 0.431. The molecule has 0 unspecified atom stereocenters. The Morgan fingerprint density at radius 3 is 1.97 bits per heavy atom. The molecule has 1 aliphatic heterocycles. The van der Waals surface area contributed by atoms with Gasteiger partial charge in [0.15, 0.2) is 11.5 Å². The van der Waals surface area contributed by atoms with Crippen LogP contribution < -0.4 is 0 Å². The summed E-state index contributed by atoms with van der Waals surface area (Å²) in [4.78, 5) is 17.4. The van der Waals surface area contributed by atoms with E-state index in [-0.39, 0.29) is 11.9 Å². The predicted octanol–water partition coefficient (Wildman–Crippen LogP) is 5.20. The molecule has 33 heavy (non-hydrogen) atoms. The highest BCUT2D eigenvalue weighted by molar-refractivity contribution is 5.93. The first-order valence-corrected chi connectivity index (χ1v) is 11.4. The summed E-state index contributed by atoms with van der Waals surface area (Å²) in [5.74, 6) is 0.540. The van der Waals surface area contributed by atoms with Crippen LogP contribution in [0, 0.1) is 6.92 Å². The standard InChI is InChI=1S/C28H27N3O2/c1-21-12-14-22(15-13-21)26-20-25(29-33-26)28(32)31-18-16-30(17-19-31)27(23-8-4-2-5-9-23)24-10-6-3-7-11-24/h2-15,20,27H,16-19H2,1H3. The summed E-state index contributed by atoms with van der Waals surface area (Å²) in [6, 6.07) is 31.1. The minimum absolute atomic E-state index is 0.0762. The molecule has 5 heteroatoms. The van der Waals surface area contributed by atoms with Gasteiger partial charge in [0.1, 0.15) is 0 Å². The van der Waals surface area contributed by atoms with Crippen LogP contribution >= 0.6 is 0 Å². The average Bonchev–Trinajstić information content (AvgIpc) is 3.36. The van der Waals surface area contributed by atoms with Gasteiger partial charge in [-0.1, -0.05) is 95.6 Å². The highest BCUT2D eigenvalue weighted by Gasteiger charge is 2.29. The number of piperazine rings is 1. The second kappa shape index (κ2) is 9.43. The maximum Gasteiger partial charge on any atom is 0.276 e. The van der Waals surface area contributed by atoms with Crippen molar-refractivity contribution < 1.29 is 9.32 Å². The molecule has 0 radical (unpaired) electrons. The van der Waals surface area contributed by atoms with Crippen LogP contribution in [0.2, 0.25) is 0 Å². The second-order valence-electron chi connectivity index (χ2n) is 8.49. The third kappa shape index (κ3) is 4.59. The highest BCUT2D eigenvalue weighted by Crippen LogP contribution is 2.30. The van der Waals surface area contributed by atoms with Gasteiger partial charge >= 0.3 is 0 Å². The molecule has 5 nitrogen and oxygen atoms in total. The molecule has 0 atom stereocenters. The summed E-state index contributed by atoms with van der Waals surface area (Å²) in [5, 5.41) is 4.06. The summed E-state index contributed by atoms with van der Waals surface area (Å²) in [7, 11) is 0. The monoisotopic (exact) mass is 437 g/mol. The Morgan fingerprint density at radius 2 is 1.39 bits per heavy atom. The third-order valence-electron chi connectivity index (χ3n) is 6.26. The number of carbonyl (C=O) groups excluding carboxylic acids is 1. The predicted molar refractivity (Wildman–Crippen MR) is 129 cm³/mol. The molecule has 1 amide bonds. The van der Waals surface area contributed by atoms with Crippen molar-refractivity contribution in [2.45, 2.75) is 13.0 Å². The molecule has 0 aliphatic carbocycles. The van der Waals surface area contributed by atoms with Gasteiger partial charge in [0, 0.05) is 37.8 Å². The molecular formula is C28H27N3O2. The molecule has 1 aromatic heterocycles. The van der Waals surface area contributed by atoms with Crippen molar-refractivity contribution in [2.24, 2.45) is 0 Å². The van der Waals surface area contributed by atoms with E-state index in [0.29, 0.717) is 24.5 Å². The molecule has 3 aromatic carbocycles. The molecule has 0 N–H and O–H groups in total. The van der Waals surface area contributed by atoms with E-state index in [9.17, 15) is 4.79 Å². The summed E-state index contributed by atoms with van der Waals surface area (Å²) in [6.07, 6.45) is 0. The molecule has 166 valence electrons. The van der Waals surface area contributed by atoms with Gasteiger partial charge in [0.25, 0.3) is 5.91 Å². The first-order valence-electron chi connectivity index (χ1n) is 11.4. The number of benzene rings is 3. The number of nitrogens with zero attached hydrogens (tertiary/aromatic N) is 3. The van der Waals surface area contributed by atoms with E-state index in [2.05, 4.69) is 58.6 Å². The molecule has 1 saturated heterocycles. The van der Waals surface area contributed by atoms with E-state index < -0.39 is 0 Å².